The maximum atomic E-state index is 6.35. The molecule has 0 saturated carbocycles. The van der Waals surface area contributed by atoms with Crippen LogP contribution in [0.5, 0.6) is 0 Å². The van der Waals surface area contributed by atoms with E-state index in [1.54, 1.807) is 0 Å². The van der Waals surface area contributed by atoms with Gasteiger partial charge in [-0.05, 0) is 83.6 Å². The molecule has 2 aromatic heterocycles. The van der Waals surface area contributed by atoms with Crippen molar-refractivity contribution in [1.82, 2.24) is 0 Å². The Bertz CT molecular complexity index is 2360. The highest BCUT2D eigenvalue weighted by atomic mass is 16.3. The van der Waals surface area contributed by atoms with E-state index in [0.29, 0.717) is 0 Å². The van der Waals surface area contributed by atoms with E-state index in [0.717, 1.165) is 62.7 Å². The first-order valence-electron chi connectivity index (χ1n) is 14.8. The molecule has 8 aromatic rings. The van der Waals surface area contributed by atoms with Crippen molar-refractivity contribution >= 4 is 61.3 Å². The molecule has 204 valence electrons. The third-order valence-corrected chi connectivity index (χ3v) is 8.75. The Morgan fingerprint density at radius 3 is 2.05 bits per heavy atom. The van der Waals surface area contributed by atoms with Crippen LogP contribution in [0.15, 0.2) is 148 Å². The average molecular weight is 554 g/mol. The summed E-state index contributed by atoms with van der Waals surface area (Å²) < 4.78 is 12.6. The van der Waals surface area contributed by atoms with Gasteiger partial charge in [0.05, 0.1) is 0 Å². The van der Waals surface area contributed by atoms with Crippen molar-refractivity contribution in [3.05, 3.63) is 150 Å². The van der Waals surface area contributed by atoms with Crippen molar-refractivity contribution in [2.75, 3.05) is 4.90 Å². The molecule has 6 aromatic carbocycles. The van der Waals surface area contributed by atoms with Crippen LogP contribution < -0.4 is 4.90 Å². The van der Waals surface area contributed by atoms with E-state index in [4.69, 9.17) is 8.83 Å². The zero-order valence-electron chi connectivity index (χ0n) is 23.5. The highest BCUT2D eigenvalue weighted by Crippen LogP contribution is 2.42. The van der Waals surface area contributed by atoms with Crippen LogP contribution in [-0.4, -0.2) is 0 Å². The highest BCUT2D eigenvalue weighted by Gasteiger charge is 2.23. The summed E-state index contributed by atoms with van der Waals surface area (Å²) in [6.45, 7) is 0. The maximum absolute atomic E-state index is 6.35. The number of para-hydroxylation sites is 2. The lowest BCUT2D eigenvalue weighted by molar-refractivity contribution is 0.668. The second kappa shape index (κ2) is 9.50. The molecular weight excluding hydrogens is 526 g/mol. The Kier molecular flexibility index (Phi) is 5.32. The molecule has 0 bridgehead atoms. The Hall–Kier alpha value is -5.54. The van der Waals surface area contributed by atoms with Crippen molar-refractivity contribution in [2.45, 2.75) is 12.8 Å². The van der Waals surface area contributed by atoms with Crippen LogP contribution in [0, 0.1) is 0 Å². The largest absolute Gasteiger partial charge is 0.456 e. The summed E-state index contributed by atoms with van der Waals surface area (Å²) in [6.07, 6.45) is 4.25. The van der Waals surface area contributed by atoms with Crippen molar-refractivity contribution in [3.63, 3.8) is 0 Å². The van der Waals surface area contributed by atoms with Crippen LogP contribution in [0.3, 0.4) is 0 Å². The predicted molar refractivity (Wildman–Crippen MR) is 178 cm³/mol. The second-order valence-electron chi connectivity index (χ2n) is 11.3. The zero-order valence-corrected chi connectivity index (χ0v) is 23.5. The lowest BCUT2D eigenvalue weighted by Crippen LogP contribution is -2.19. The van der Waals surface area contributed by atoms with Crippen LogP contribution >= 0.6 is 0 Å². The van der Waals surface area contributed by atoms with E-state index in [1.807, 2.05) is 18.2 Å². The minimum atomic E-state index is 0.892. The van der Waals surface area contributed by atoms with Crippen molar-refractivity contribution in [2.24, 2.45) is 0 Å². The number of rotatable bonds is 4. The van der Waals surface area contributed by atoms with Gasteiger partial charge in [0.1, 0.15) is 22.3 Å². The van der Waals surface area contributed by atoms with Crippen LogP contribution in [-0.2, 0) is 6.42 Å². The number of hydrogen-bond donors (Lipinski definition) is 0. The summed E-state index contributed by atoms with van der Waals surface area (Å²) in [5, 5.41) is 4.62. The molecule has 0 atom stereocenters. The lowest BCUT2D eigenvalue weighted by atomic mass is 9.90. The third kappa shape index (κ3) is 3.89. The second-order valence-corrected chi connectivity index (χ2v) is 11.3. The van der Waals surface area contributed by atoms with Gasteiger partial charge in [0, 0.05) is 44.7 Å². The van der Waals surface area contributed by atoms with Crippen molar-refractivity contribution in [1.29, 1.82) is 0 Å². The van der Waals surface area contributed by atoms with Gasteiger partial charge in [0.15, 0.2) is 0 Å². The van der Waals surface area contributed by atoms with E-state index >= 15 is 0 Å². The van der Waals surface area contributed by atoms with E-state index in [9.17, 15) is 0 Å². The number of allylic oxidation sites excluding steroid dienone is 1. The van der Waals surface area contributed by atoms with Crippen molar-refractivity contribution in [3.8, 4) is 11.1 Å². The van der Waals surface area contributed by atoms with Gasteiger partial charge in [-0.3, -0.25) is 0 Å². The molecule has 0 spiro atoms. The Labute approximate surface area is 248 Å². The van der Waals surface area contributed by atoms with Gasteiger partial charge in [-0.25, -0.2) is 0 Å². The van der Waals surface area contributed by atoms with Crippen molar-refractivity contribution < 1.29 is 8.83 Å². The topological polar surface area (TPSA) is 29.5 Å². The van der Waals surface area contributed by atoms with Gasteiger partial charge in [-0.1, -0.05) is 84.9 Å². The fourth-order valence-electron chi connectivity index (χ4n) is 6.74. The first-order chi connectivity index (χ1) is 21.3. The van der Waals surface area contributed by atoms with Crippen LogP contribution in [0.4, 0.5) is 11.4 Å². The molecule has 0 saturated heterocycles. The molecule has 0 unspecified atom stereocenters. The number of nitrogens with zero attached hydrogens (tertiary/aromatic N) is 1. The van der Waals surface area contributed by atoms with Gasteiger partial charge < -0.3 is 13.7 Å². The van der Waals surface area contributed by atoms with Gasteiger partial charge in [-0.2, -0.15) is 0 Å². The SMILES string of the molecule is C1=C(N(c2cccc(-c3ccccc3)c2)c2ccc3c(c2)oc2ccccc23)CCc2ccc3oc4ccccc4c3c21. The molecule has 9 rings (SSSR count). The van der Waals surface area contributed by atoms with E-state index in [1.165, 1.54) is 33.3 Å². The molecule has 1 aliphatic carbocycles. The van der Waals surface area contributed by atoms with Gasteiger partial charge in [0.2, 0.25) is 0 Å². The number of anilines is 2. The number of benzene rings is 6. The summed E-state index contributed by atoms with van der Waals surface area (Å²) in [6, 6.07) is 47.0. The monoisotopic (exact) mass is 553 g/mol. The fraction of sp³-hybridized carbons (Fsp3) is 0.0500. The molecule has 43 heavy (non-hydrogen) atoms. The standard InChI is InChI=1S/C40H27NO2/c1-2-9-26(10-3-1)28-11-8-12-29(23-28)41(31-20-21-33-32-13-4-6-15-36(32)43-39(33)25-31)30-19-17-27-18-22-38-40(35(27)24-30)34-14-5-7-16-37(34)42-38/h1-16,18,20-25H,17,19H2. The quantitative estimate of drug-likeness (QED) is 0.217. The normalized spacial score (nSPS) is 13.1. The van der Waals surface area contributed by atoms with E-state index in [2.05, 4.69) is 126 Å². The maximum Gasteiger partial charge on any atom is 0.137 e. The predicted octanol–water partition coefficient (Wildman–Crippen LogP) is 11.3. The van der Waals surface area contributed by atoms with Gasteiger partial charge in [0.25, 0.3) is 0 Å². The van der Waals surface area contributed by atoms with Crippen LogP contribution in [0.2, 0.25) is 0 Å². The minimum absolute atomic E-state index is 0.892. The first-order valence-corrected chi connectivity index (χ1v) is 14.8. The Morgan fingerprint density at radius 1 is 0.465 bits per heavy atom. The molecule has 0 aliphatic heterocycles. The number of fused-ring (bicyclic) bond motifs is 8. The average Bonchev–Trinajstić information content (AvgIpc) is 3.64. The summed E-state index contributed by atoms with van der Waals surface area (Å²) in [5.41, 5.74) is 12.1. The van der Waals surface area contributed by atoms with Crippen LogP contribution in [0.1, 0.15) is 17.5 Å². The number of furan rings is 2. The molecular formula is C40H27NO2. The molecule has 0 radical (unpaired) electrons. The third-order valence-electron chi connectivity index (χ3n) is 8.75. The van der Waals surface area contributed by atoms with Crippen LogP contribution in [0.25, 0.3) is 61.1 Å². The highest BCUT2D eigenvalue weighted by molar-refractivity contribution is 6.10. The summed E-state index contributed by atoms with van der Waals surface area (Å²) in [7, 11) is 0. The molecule has 0 N–H and O–H groups in total. The molecule has 0 fully saturated rings. The van der Waals surface area contributed by atoms with E-state index in [-0.39, 0.29) is 0 Å². The minimum Gasteiger partial charge on any atom is -0.456 e. The molecule has 3 nitrogen and oxygen atoms in total. The molecule has 2 heterocycles. The zero-order chi connectivity index (χ0) is 28.3. The molecule has 3 heteroatoms. The first kappa shape index (κ1) is 24.1. The fourth-order valence-corrected chi connectivity index (χ4v) is 6.74. The smallest absolute Gasteiger partial charge is 0.137 e. The Morgan fingerprint density at radius 2 is 1.16 bits per heavy atom. The van der Waals surface area contributed by atoms with E-state index < -0.39 is 0 Å². The molecule has 1 aliphatic rings. The number of hydrogen-bond acceptors (Lipinski definition) is 3. The number of aryl methyl sites for hydroxylation is 1. The summed E-state index contributed by atoms with van der Waals surface area (Å²) >= 11 is 0. The lowest BCUT2D eigenvalue weighted by Gasteiger charge is -2.31. The van der Waals surface area contributed by atoms with Gasteiger partial charge >= 0.3 is 0 Å². The van der Waals surface area contributed by atoms with Gasteiger partial charge in [-0.15, -0.1) is 0 Å². The summed E-state index contributed by atoms with van der Waals surface area (Å²) in [5.74, 6) is 0. The Balaban J connectivity index is 1.27. The molecule has 0 amide bonds. The summed E-state index contributed by atoms with van der Waals surface area (Å²) in [4.78, 5) is 2.41.